The van der Waals surface area contributed by atoms with E-state index in [4.69, 9.17) is 17.3 Å². The van der Waals surface area contributed by atoms with E-state index in [9.17, 15) is 0 Å². The number of hydrogen-bond acceptors (Lipinski definition) is 2. The molecule has 118 valence electrons. The van der Waals surface area contributed by atoms with Crippen molar-refractivity contribution >= 4 is 11.6 Å². The van der Waals surface area contributed by atoms with Crippen LogP contribution < -0.4 is 5.73 Å². The molecule has 0 bridgehead atoms. The van der Waals surface area contributed by atoms with Gasteiger partial charge in [0.25, 0.3) is 0 Å². The molecule has 1 fully saturated rings. The summed E-state index contributed by atoms with van der Waals surface area (Å²) in [6.45, 7) is 9.10. The van der Waals surface area contributed by atoms with Gasteiger partial charge in [-0.05, 0) is 55.8 Å². The molecule has 0 aliphatic carbocycles. The van der Waals surface area contributed by atoms with Crippen molar-refractivity contribution in [2.75, 3.05) is 13.1 Å². The number of nitrogens with two attached hydrogens (primary N) is 1. The van der Waals surface area contributed by atoms with E-state index in [1.807, 2.05) is 12.1 Å². The van der Waals surface area contributed by atoms with Gasteiger partial charge in [-0.2, -0.15) is 0 Å². The first-order valence-corrected chi connectivity index (χ1v) is 8.66. The van der Waals surface area contributed by atoms with E-state index >= 15 is 0 Å². The molecule has 0 radical (unpaired) electrons. The van der Waals surface area contributed by atoms with Crippen molar-refractivity contribution in [1.29, 1.82) is 0 Å². The molecule has 3 heteroatoms. The van der Waals surface area contributed by atoms with E-state index in [-0.39, 0.29) is 12.1 Å². The lowest BCUT2D eigenvalue weighted by atomic mass is 9.85. The highest BCUT2D eigenvalue weighted by Crippen LogP contribution is 2.34. The Morgan fingerprint density at radius 2 is 1.86 bits per heavy atom. The third-order valence-corrected chi connectivity index (χ3v) is 5.36. The third-order valence-electron chi connectivity index (χ3n) is 5.01. The average Bonchev–Trinajstić information content (AvgIpc) is 2.49. The summed E-state index contributed by atoms with van der Waals surface area (Å²) in [5.74, 6) is 1.64. The number of rotatable bonds is 5. The van der Waals surface area contributed by atoms with Gasteiger partial charge in [-0.15, -0.1) is 0 Å². The van der Waals surface area contributed by atoms with Gasteiger partial charge in [0.1, 0.15) is 0 Å². The van der Waals surface area contributed by atoms with Crippen LogP contribution in [0, 0.1) is 11.8 Å². The number of benzene rings is 1. The normalized spacial score (nSPS) is 20.7. The predicted molar refractivity (Wildman–Crippen MR) is 91.6 cm³/mol. The Hall–Kier alpha value is -0.570. The second-order valence-electron chi connectivity index (χ2n) is 6.66. The molecule has 1 aromatic carbocycles. The Labute approximate surface area is 134 Å². The smallest absolute Gasteiger partial charge is 0.0513 e. The maximum Gasteiger partial charge on any atom is 0.0513 e. The van der Waals surface area contributed by atoms with Gasteiger partial charge >= 0.3 is 0 Å². The first-order chi connectivity index (χ1) is 10.0. The molecule has 0 aromatic heterocycles. The van der Waals surface area contributed by atoms with Gasteiger partial charge in [0.2, 0.25) is 0 Å². The molecule has 1 heterocycles. The second kappa shape index (κ2) is 7.62. The number of nitrogens with zero attached hydrogens (tertiary/aromatic N) is 1. The highest BCUT2D eigenvalue weighted by molar-refractivity contribution is 6.31. The molecule has 0 amide bonds. The summed E-state index contributed by atoms with van der Waals surface area (Å²) in [6.07, 6.45) is 3.52. The molecular formula is C18H29ClN2. The van der Waals surface area contributed by atoms with E-state index < -0.39 is 0 Å². The minimum Gasteiger partial charge on any atom is -0.326 e. The van der Waals surface area contributed by atoms with Crippen LogP contribution in [0.25, 0.3) is 0 Å². The minimum atomic E-state index is 0.139. The maximum absolute atomic E-state index is 6.44. The van der Waals surface area contributed by atoms with E-state index in [0.717, 1.165) is 36.4 Å². The van der Waals surface area contributed by atoms with Crippen LogP contribution in [-0.2, 0) is 0 Å². The van der Waals surface area contributed by atoms with Crippen LogP contribution in [0.1, 0.15) is 51.6 Å². The number of hydrogen-bond donors (Lipinski definition) is 1. The van der Waals surface area contributed by atoms with Crippen LogP contribution in [0.5, 0.6) is 0 Å². The standard InChI is InChI=1S/C18H29ClN2/c1-4-17(20)18(15-7-5-6-8-16(15)19)21-11-9-14(10-12-21)13(2)3/h5-8,13-14,17-18H,4,9-12,20H2,1-3H3. The lowest BCUT2D eigenvalue weighted by molar-refractivity contribution is 0.0993. The van der Waals surface area contributed by atoms with Gasteiger partial charge in [-0.1, -0.05) is 50.6 Å². The van der Waals surface area contributed by atoms with Crippen molar-refractivity contribution in [3.05, 3.63) is 34.9 Å². The van der Waals surface area contributed by atoms with E-state index in [2.05, 4.69) is 37.8 Å². The summed E-state index contributed by atoms with van der Waals surface area (Å²) in [7, 11) is 0. The quantitative estimate of drug-likeness (QED) is 0.868. The van der Waals surface area contributed by atoms with Gasteiger partial charge in [0, 0.05) is 11.1 Å². The maximum atomic E-state index is 6.44. The second-order valence-corrected chi connectivity index (χ2v) is 7.06. The molecule has 2 nitrogen and oxygen atoms in total. The highest BCUT2D eigenvalue weighted by Gasteiger charge is 2.31. The van der Waals surface area contributed by atoms with Crippen molar-refractivity contribution in [2.45, 2.75) is 52.1 Å². The van der Waals surface area contributed by atoms with Crippen molar-refractivity contribution in [3.63, 3.8) is 0 Å². The minimum absolute atomic E-state index is 0.139. The largest absolute Gasteiger partial charge is 0.326 e. The van der Waals surface area contributed by atoms with Gasteiger partial charge in [0.05, 0.1) is 6.04 Å². The summed E-state index contributed by atoms with van der Waals surface area (Å²) in [5.41, 5.74) is 7.63. The van der Waals surface area contributed by atoms with E-state index in [1.165, 1.54) is 18.4 Å². The fourth-order valence-corrected chi connectivity index (χ4v) is 3.75. The van der Waals surface area contributed by atoms with Crippen LogP contribution in [0.2, 0.25) is 5.02 Å². The van der Waals surface area contributed by atoms with Crippen molar-refractivity contribution in [3.8, 4) is 0 Å². The SMILES string of the molecule is CCC(N)C(c1ccccc1Cl)N1CCC(C(C)C)CC1. The first-order valence-electron chi connectivity index (χ1n) is 8.28. The van der Waals surface area contributed by atoms with Gasteiger partial charge < -0.3 is 5.73 Å². The zero-order valence-corrected chi connectivity index (χ0v) is 14.3. The number of piperidine rings is 1. The number of halogens is 1. The molecule has 1 saturated heterocycles. The zero-order chi connectivity index (χ0) is 15.4. The van der Waals surface area contributed by atoms with Crippen LogP contribution in [0.4, 0.5) is 0 Å². The Balaban J connectivity index is 2.17. The molecule has 2 rings (SSSR count). The van der Waals surface area contributed by atoms with Crippen LogP contribution in [-0.4, -0.2) is 24.0 Å². The molecule has 1 aliphatic rings. The topological polar surface area (TPSA) is 29.3 Å². The lowest BCUT2D eigenvalue weighted by Crippen LogP contribution is -2.45. The summed E-state index contributed by atoms with van der Waals surface area (Å²) < 4.78 is 0. The van der Waals surface area contributed by atoms with Crippen LogP contribution >= 0.6 is 11.6 Å². The van der Waals surface area contributed by atoms with Gasteiger partial charge in [-0.3, -0.25) is 4.90 Å². The van der Waals surface area contributed by atoms with Gasteiger partial charge in [-0.25, -0.2) is 0 Å². The Kier molecular flexibility index (Phi) is 6.09. The van der Waals surface area contributed by atoms with Crippen molar-refractivity contribution < 1.29 is 0 Å². The summed E-state index contributed by atoms with van der Waals surface area (Å²) in [4.78, 5) is 2.55. The van der Waals surface area contributed by atoms with Gasteiger partial charge in [0.15, 0.2) is 0 Å². The fourth-order valence-electron chi connectivity index (χ4n) is 3.50. The number of likely N-dealkylation sites (tertiary alicyclic amines) is 1. The fraction of sp³-hybridized carbons (Fsp3) is 0.667. The molecule has 2 atom stereocenters. The summed E-state index contributed by atoms with van der Waals surface area (Å²) >= 11 is 6.44. The molecule has 1 aliphatic heterocycles. The van der Waals surface area contributed by atoms with Crippen molar-refractivity contribution in [2.24, 2.45) is 17.6 Å². The molecule has 2 unspecified atom stereocenters. The van der Waals surface area contributed by atoms with Crippen LogP contribution in [0.3, 0.4) is 0 Å². The Morgan fingerprint density at radius 3 is 2.38 bits per heavy atom. The lowest BCUT2D eigenvalue weighted by Gasteiger charge is -2.41. The summed E-state index contributed by atoms with van der Waals surface area (Å²) in [6, 6.07) is 8.56. The van der Waals surface area contributed by atoms with Crippen molar-refractivity contribution in [1.82, 2.24) is 4.90 Å². The predicted octanol–water partition coefficient (Wildman–Crippen LogP) is 4.49. The molecule has 0 spiro atoms. The van der Waals surface area contributed by atoms with Crippen LogP contribution in [0.15, 0.2) is 24.3 Å². The zero-order valence-electron chi connectivity index (χ0n) is 13.6. The molecular weight excluding hydrogens is 280 g/mol. The summed E-state index contributed by atoms with van der Waals surface area (Å²) in [5, 5.41) is 0.845. The first kappa shape index (κ1) is 16.8. The third kappa shape index (κ3) is 4.00. The van der Waals surface area contributed by atoms with E-state index in [0.29, 0.717) is 0 Å². The Morgan fingerprint density at radius 1 is 1.24 bits per heavy atom. The molecule has 21 heavy (non-hydrogen) atoms. The highest BCUT2D eigenvalue weighted by atomic mass is 35.5. The Bertz CT molecular complexity index is 439. The van der Waals surface area contributed by atoms with E-state index in [1.54, 1.807) is 0 Å². The monoisotopic (exact) mass is 308 g/mol. The molecule has 0 saturated carbocycles. The average molecular weight is 309 g/mol. The molecule has 2 N–H and O–H groups in total. The molecule has 1 aromatic rings.